The van der Waals surface area contributed by atoms with Gasteiger partial charge in [-0.1, -0.05) is 0 Å². The predicted molar refractivity (Wildman–Crippen MR) is 106 cm³/mol. The van der Waals surface area contributed by atoms with Crippen molar-refractivity contribution in [3.63, 3.8) is 0 Å². The molecule has 0 unspecified atom stereocenters. The Bertz CT molecular complexity index is 593. The van der Waals surface area contributed by atoms with Gasteiger partial charge in [-0.05, 0) is 46.8 Å². The van der Waals surface area contributed by atoms with Crippen molar-refractivity contribution in [2.75, 3.05) is 39.4 Å². The molecule has 2 saturated heterocycles. The van der Waals surface area contributed by atoms with Crippen molar-refractivity contribution in [1.82, 2.24) is 10.2 Å². The van der Waals surface area contributed by atoms with Crippen LogP contribution < -0.4 is 5.32 Å². The van der Waals surface area contributed by atoms with Gasteiger partial charge in [-0.2, -0.15) is 13.2 Å². The van der Waals surface area contributed by atoms with E-state index in [1.165, 1.54) is 6.07 Å². The molecule has 10 heteroatoms. The highest BCUT2D eigenvalue weighted by molar-refractivity contribution is 9.10. The zero-order chi connectivity index (χ0) is 18.0. The molecule has 3 rings (SSSR count). The fourth-order valence-corrected chi connectivity index (χ4v) is 4.18. The van der Waals surface area contributed by atoms with Crippen LogP contribution in [0, 0.1) is 5.92 Å². The van der Waals surface area contributed by atoms with Gasteiger partial charge in [0, 0.05) is 51.0 Å². The summed E-state index contributed by atoms with van der Waals surface area (Å²) in [6.45, 7) is 3.87. The van der Waals surface area contributed by atoms with Crippen LogP contribution in [0.4, 0.5) is 13.2 Å². The minimum absolute atomic E-state index is 0. The molecule has 1 aromatic carbocycles. The lowest BCUT2D eigenvalue weighted by molar-refractivity contribution is -0.139. The van der Waals surface area contributed by atoms with Crippen LogP contribution in [0.2, 0.25) is 0 Å². The maximum absolute atomic E-state index is 13.7. The van der Waals surface area contributed by atoms with E-state index in [1.807, 2.05) is 0 Å². The van der Waals surface area contributed by atoms with Crippen LogP contribution in [-0.2, 0) is 10.9 Å². The van der Waals surface area contributed by atoms with E-state index in [0.29, 0.717) is 43.6 Å². The number of phenols is 1. The molecular formula is C17H24BrCl2F3N2O2. The van der Waals surface area contributed by atoms with Crippen molar-refractivity contribution in [1.29, 1.82) is 0 Å². The van der Waals surface area contributed by atoms with E-state index in [1.54, 1.807) is 0 Å². The van der Waals surface area contributed by atoms with Gasteiger partial charge in [-0.3, -0.25) is 4.90 Å². The minimum Gasteiger partial charge on any atom is -0.506 e. The molecule has 0 aromatic heterocycles. The van der Waals surface area contributed by atoms with E-state index in [2.05, 4.69) is 26.1 Å². The van der Waals surface area contributed by atoms with Crippen molar-refractivity contribution in [3.05, 3.63) is 27.7 Å². The van der Waals surface area contributed by atoms with Crippen LogP contribution in [0.5, 0.6) is 5.75 Å². The summed E-state index contributed by atoms with van der Waals surface area (Å²) in [7, 11) is 0. The molecule has 2 aliphatic rings. The third-order valence-corrected chi connectivity index (χ3v) is 5.67. The monoisotopic (exact) mass is 494 g/mol. The first-order valence-corrected chi connectivity index (χ1v) is 9.30. The Balaban J connectivity index is 0.00000182. The van der Waals surface area contributed by atoms with Crippen molar-refractivity contribution in [2.24, 2.45) is 5.92 Å². The summed E-state index contributed by atoms with van der Waals surface area (Å²) in [5.41, 5.74) is -0.751. The van der Waals surface area contributed by atoms with Crippen molar-refractivity contribution >= 4 is 40.7 Å². The zero-order valence-corrected chi connectivity index (χ0v) is 17.8. The molecule has 0 spiro atoms. The van der Waals surface area contributed by atoms with Crippen molar-refractivity contribution in [3.8, 4) is 5.75 Å². The number of ether oxygens (including phenoxy) is 1. The second-order valence-electron chi connectivity index (χ2n) is 6.54. The molecular weight excluding hydrogens is 472 g/mol. The first kappa shape index (κ1) is 24.8. The van der Waals surface area contributed by atoms with E-state index in [-0.39, 0.29) is 42.0 Å². The van der Waals surface area contributed by atoms with Gasteiger partial charge in [-0.15, -0.1) is 24.8 Å². The Labute approximate surface area is 177 Å². The number of hydrogen-bond acceptors (Lipinski definition) is 4. The summed E-state index contributed by atoms with van der Waals surface area (Å²) >= 11 is 3.19. The summed E-state index contributed by atoms with van der Waals surface area (Å²) in [4.78, 5) is 2.07. The lowest BCUT2D eigenvalue weighted by atomic mass is 9.83. The Morgan fingerprint density at radius 3 is 2.30 bits per heavy atom. The van der Waals surface area contributed by atoms with Crippen LogP contribution in [-0.4, -0.2) is 49.4 Å². The zero-order valence-electron chi connectivity index (χ0n) is 14.6. The number of phenolic OH excluding ortho intramolecular Hbond substituents is 1. The number of hydrogen-bond donors (Lipinski definition) is 2. The smallest absolute Gasteiger partial charge is 0.416 e. The average Bonchev–Trinajstić information content (AvgIpc) is 2.60. The van der Waals surface area contributed by atoms with Gasteiger partial charge in [0.25, 0.3) is 0 Å². The minimum atomic E-state index is -4.51. The fraction of sp³-hybridized carbons (Fsp3) is 0.647. The van der Waals surface area contributed by atoms with Crippen LogP contribution in [0.25, 0.3) is 0 Å². The lowest BCUT2D eigenvalue weighted by Crippen LogP contribution is -2.48. The number of nitrogens with one attached hydrogen (secondary N) is 1. The number of nitrogens with zero attached hydrogens (tertiary/aromatic N) is 1. The number of benzene rings is 1. The van der Waals surface area contributed by atoms with Crippen LogP contribution >= 0.6 is 40.7 Å². The van der Waals surface area contributed by atoms with E-state index < -0.39 is 17.8 Å². The maximum Gasteiger partial charge on any atom is 0.416 e. The van der Waals surface area contributed by atoms with Gasteiger partial charge < -0.3 is 15.2 Å². The van der Waals surface area contributed by atoms with Gasteiger partial charge in [0.2, 0.25) is 0 Å². The topological polar surface area (TPSA) is 44.7 Å². The summed E-state index contributed by atoms with van der Waals surface area (Å²) in [5.74, 6) is -0.280. The highest BCUT2D eigenvalue weighted by Crippen LogP contribution is 2.47. The highest BCUT2D eigenvalue weighted by Gasteiger charge is 2.42. The molecule has 0 bridgehead atoms. The van der Waals surface area contributed by atoms with Gasteiger partial charge in [-0.25, -0.2) is 0 Å². The standard InChI is InChI=1S/C17H22BrF3N2O2.2ClH/c18-13-2-1-12(17(19,20)21)14(16(13)24)15(11-3-9-25-10-4-11)23-7-5-22-6-8-23;;/h1-2,11,15,22,24H,3-10H2;2*1H/t15-;;/m0../s1. The van der Waals surface area contributed by atoms with Gasteiger partial charge in [0.15, 0.2) is 0 Å². The molecule has 4 nitrogen and oxygen atoms in total. The molecule has 156 valence electrons. The van der Waals surface area contributed by atoms with Crippen molar-refractivity contribution < 1.29 is 23.0 Å². The van der Waals surface area contributed by atoms with Crippen molar-refractivity contribution in [2.45, 2.75) is 25.1 Å². The normalized spacial score (nSPS) is 20.4. The number of halogens is 6. The summed E-state index contributed by atoms with van der Waals surface area (Å²) in [5, 5.41) is 13.8. The average molecular weight is 496 g/mol. The molecule has 0 amide bonds. The third kappa shape index (κ3) is 5.64. The molecule has 2 N–H and O–H groups in total. The molecule has 0 radical (unpaired) electrons. The van der Waals surface area contributed by atoms with Gasteiger partial charge >= 0.3 is 6.18 Å². The quantitative estimate of drug-likeness (QED) is 0.652. The molecule has 27 heavy (non-hydrogen) atoms. The summed E-state index contributed by atoms with van der Waals surface area (Å²) in [6.07, 6.45) is -3.12. The number of rotatable bonds is 3. The Kier molecular flexibility index (Phi) is 9.64. The molecule has 1 atom stereocenters. The molecule has 2 heterocycles. The van der Waals surface area contributed by atoms with Gasteiger partial charge in [0.1, 0.15) is 5.75 Å². The fourth-order valence-electron chi connectivity index (χ4n) is 3.84. The van der Waals surface area contributed by atoms with Gasteiger partial charge in [0.05, 0.1) is 10.0 Å². The van der Waals surface area contributed by atoms with E-state index in [9.17, 15) is 18.3 Å². The lowest BCUT2D eigenvalue weighted by Gasteiger charge is -2.42. The SMILES string of the molecule is Cl.Cl.Oc1c(Br)ccc(C(F)(F)F)c1[C@H](C1CCOCC1)N1CCNCC1. The number of aromatic hydroxyl groups is 1. The Hall–Kier alpha value is -0.250. The Morgan fingerprint density at radius 2 is 1.74 bits per heavy atom. The molecule has 0 aliphatic carbocycles. The number of alkyl halides is 3. The highest BCUT2D eigenvalue weighted by atomic mass is 79.9. The number of piperazine rings is 1. The first-order valence-electron chi connectivity index (χ1n) is 8.50. The van der Waals surface area contributed by atoms with E-state index in [0.717, 1.165) is 19.2 Å². The molecule has 0 saturated carbocycles. The van der Waals surface area contributed by atoms with E-state index in [4.69, 9.17) is 4.74 Å². The molecule has 2 aliphatic heterocycles. The molecule has 1 aromatic rings. The maximum atomic E-state index is 13.7. The largest absolute Gasteiger partial charge is 0.506 e. The molecule has 2 fully saturated rings. The first-order chi connectivity index (χ1) is 11.9. The van der Waals surface area contributed by atoms with E-state index >= 15 is 0 Å². The second kappa shape index (κ2) is 10.5. The predicted octanol–water partition coefficient (Wildman–Crippen LogP) is 4.39. The second-order valence-corrected chi connectivity index (χ2v) is 7.39. The van der Waals surface area contributed by atoms with Crippen LogP contribution in [0.3, 0.4) is 0 Å². The Morgan fingerprint density at radius 1 is 1.15 bits per heavy atom. The summed E-state index contributed by atoms with van der Waals surface area (Å²) < 4.78 is 46.7. The van der Waals surface area contributed by atoms with Crippen LogP contribution in [0.15, 0.2) is 16.6 Å². The third-order valence-electron chi connectivity index (χ3n) is 5.03. The summed E-state index contributed by atoms with van der Waals surface area (Å²) in [6, 6.07) is 1.86. The van der Waals surface area contributed by atoms with Crippen LogP contribution in [0.1, 0.15) is 30.0 Å².